The molecule has 100 valence electrons. The molecule has 1 N–H and O–H groups in total. The standard InChI is InChI=1S/C11H16N2O5/c1-16-10-5-8(4-9(6-10)13(14)15)12-7-11(17-2)18-3/h4-6,11-12H,7H2,1-3H3. The average molecular weight is 256 g/mol. The molecule has 0 aliphatic rings. The second-order valence-electron chi connectivity index (χ2n) is 3.46. The number of hydrogen-bond donors (Lipinski definition) is 1. The summed E-state index contributed by atoms with van der Waals surface area (Å²) in [5.74, 6) is 0.415. The molecule has 0 heterocycles. The van der Waals surface area contributed by atoms with Crippen LogP contribution >= 0.6 is 0 Å². The number of non-ortho nitro benzene ring substituents is 1. The van der Waals surface area contributed by atoms with E-state index >= 15 is 0 Å². The third-order valence-electron chi connectivity index (χ3n) is 2.34. The molecule has 0 fully saturated rings. The van der Waals surface area contributed by atoms with Gasteiger partial charge in [0.05, 0.1) is 24.6 Å². The fourth-order valence-electron chi connectivity index (χ4n) is 1.37. The number of methoxy groups -OCH3 is 3. The zero-order valence-electron chi connectivity index (χ0n) is 10.5. The lowest BCUT2D eigenvalue weighted by Crippen LogP contribution is -2.23. The van der Waals surface area contributed by atoms with Crippen LogP contribution in [-0.2, 0) is 9.47 Å². The molecule has 0 aliphatic heterocycles. The van der Waals surface area contributed by atoms with Crippen molar-refractivity contribution in [3.05, 3.63) is 28.3 Å². The van der Waals surface area contributed by atoms with E-state index in [1.54, 1.807) is 6.07 Å². The molecule has 0 amide bonds. The highest BCUT2D eigenvalue weighted by Crippen LogP contribution is 2.25. The molecule has 0 saturated carbocycles. The van der Waals surface area contributed by atoms with Crippen molar-refractivity contribution in [2.75, 3.05) is 33.2 Å². The Labute approximate surface area is 105 Å². The first-order valence-electron chi connectivity index (χ1n) is 5.23. The summed E-state index contributed by atoms with van der Waals surface area (Å²) in [7, 11) is 4.49. The number of nitrogens with zero attached hydrogens (tertiary/aromatic N) is 1. The SMILES string of the molecule is COc1cc(NCC(OC)OC)cc([N+](=O)[O-])c1. The Morgan fingerprint density at radius 2 is 1.94 bits per heavy atom. The van der Waals surface area contributed by atoms with Gasteiger partial charge >= 0.3 is 0 Å². The molecule has 0 aliphatic carbocycles. The van der Waals surface area contributed by atoms with Crippen LogP contribution in [0.3, 0.4) is 0 Å². The predicted molar refractivity (Wildman–Crippen MR) is 65.9 cm³/mol. The second kappa shape index (κ2) is 6.77. The lowest BCUT2D eigenvalue weighted by Gasteiger charge is -2.15. The first-order valence-corrected chi connectivity index (χ1v) is 5.23. The maximum atomic E-state index is 10.7. The third-order valence-corrected chi connectivity index (χ3v) is 2.34. The maximum Gasteiger partial charge on any atom is 0.275 e. The van der Waals surface area contributed by atoms with Crippen molar-refractivity contribution >= 4 is 11.4 Å². The van der Waals surface area contributed by atoms with E-state index < -0.39 is 11.2 Å². The molecule has 1 aromatic rings. The van der Waals surface area contributed by atoms with Crippen LogP contribution in [0.25, 0.3) is 0 Å². The van der Waals surface area contributed by atoms with Gasteiger partial charge in [0.1, 0.15) is 5.75 Å². The van der Waals surface area contributed by atoms with Gasteiger partial charge in [0.15, 0.2) is 6.29 Å². The first-order chi connectivity index (χ1) is 8.60. The van der Waals surface area contributed by atoms with Crippen molar-refractivity contribution < 1.29 is 19.1 Å². The Kier molecular flexibility index (Phi) is 5.34. The van der Waals surface area contributed by atoms with Gasteiger partial charge in [-0.3, -0.25) is 10.1 Å². The van der Waals surface area contributed by atoms with Gasteiger partial charge in [0.25, 0.3) is 5.69 Å². The third kappa shape index (κ3) is 3.86. The van der Waals surface area contributed by atoms with Crippen molar-refractivity contribution in [2.45, 2.75) is 6.29 Å². The molecular formula is C11H16N2O5. The topological polar surface area (TPSA) is 82.9 Å². The van der Waals surface area contributed by atoms with Gasteiger partial charge in [0, 0.05) is 32.0 Å². The molecule has 0 aromatic heterocycles. The highest BCUT2D eigenvalue weighted by molar-refractivity contribution is 5.56. The summed E-state index contributed by atoms with van der Waals surface area (Å²) in [5.41, 5.74) is 0.531. The zero-order chi connectivity index (χ0) is 13.5. The quantitative estimate of drug-likeness (QED) is 0.453. The number of hydrogen-bond acceptors (Lipinski definition) is 6. The predicted octanol–water partition coefficient (Wildman–Crippen LogP) is 1.63. The van der Waals surface area contributed by atoms with E-state index in [1.807, 2.05) is 0 Å². The summed E-state index contributed by atoms with van der Waals surface area (Å²) < 4.78 is 15.0. The van der Waals surface area contributed by atoms with Gasteiger partial charge in [-0.15, -0.1) is 0 Å². The fraction of sp³-hybridized carbons (Fsp3) is 0.455. The molecule has 0 radical (unpaired) electrons. The number of nitro benzene ring substituents is 1. The minimum absolute atomic E-state index is 0.0387. The monoisotopic (exact) mass is 256 g/mol. The summed E-state index contributed by atoms with van der Waals surface area (Å²) in [5, 5.41) is 13.7. The molecular weight excluding hydrogens is 240 g/mol. The smallest absolute Gasteiger partial charge is 0.275 e. The van der Waals surface area contributed by atoms with E-state index in [2.05, 4.69) is 5.32 Å². The second-order valence-corrected chi connectivity index (χ2v) is 3.46. The summed E-state index contributed by atoms with van der Waals surface area (Å²) in [6.07, 6.45) is -0.421. The Bertz CT molecular complexity index is 406. The Balaban J connectivity index is 2.81. The number of rotatable bonds is 7. The number of benzene rings is 1. The number of ether oxygens (including phenoxy) is 3. The Morgan fingerprint density at radius 1 is 1.28 bits per heavy atom. The average Bonchev–Trinajstić information content (AvgIpc) is 2.39. The number of anilines is 1. The van der Waals surface area contributed by atoms with Crippen LogP contribution in [0.4, 0.5) is 11.4 Å². The lowest BCUT2D eigenvalue weighted by atomic mass is 10.2. The van der Waals surface area contributed by atoms with E-state index in [0.717, 1.165) is 0 Å². The first kappa shape index (κ1) is 14.2. The zero-order valence-corrected chi connectivity index (χ0v) is 10.5. The molecule has 0 saturated heterocycles. The molecule has 0 unspecified atom stereocenters. The van der Waals surface area contributed by atoms with E-state index in [0.29, 0.717) is 18.0 Å². The minimum atomic E-state index is -0.474. The number of nitrogens with one attached hydrogen (secondary N) is 1. The summed E-state index contributed by atoms with van der Waals surface area (Å²) in [6.45, 7) is 0.372. The maximum absolute atomic E-state index is 10.7. The molecule has 18 heavy (non-hydrogen) atoms. The van der Waals surface area contributed by atoms with Gasteiger partial charge < -0.3 is 19.5 Å². The molecule has 7 heteroatoms. The van der Waals surface area contributed by atoms with Crippen LogP contribution in [-0.4, -0.2) is 39.1 Å². The van der Waals surface area contributed by atoms with Crippen molar-refractivity contribution in [2.24, 2.45) is 0 Å². The summed E-state index contributed by atoms with van der Waals surface area (Å²) in [4.78, 5) is 10.3. The van der Waals surface area contributed by atoms with E-state index in [1.165, 1.54) is 33.5 Å². The highest BCUT2D eigenvalue weighted by Gasteiger charge is 2.11. The van der Waals surface area contributed by atoms with E-state index in [4.69, 9.17) is 14.2 Å². The Morgan fingerprint density at radius 3 is 2.44 bits per heavy atom. The van der Waals surface area contributed by atoms with Crippen LogP contribution < -0.4 is 10.1 Å². The van der Waals surface area contributed by atoms with Crippen LogP contribution in [0, 0.1) is 10.1 Å². The van der Waals surface area contributed by atoms with Crippen LogP contribution in [0.15, 0.2) is 18.2 Å². The van der Waals surface area contributed by atoms with Gasteiger partial charge in [0.2, 0.25) is 0 Å². The lowest BCUT2D eigenvalue weighted by molar-refractivity contribution is -0.384. The normalized spacial score (nSPS) is 10.4. The van der Waals surface area contributed by atoms with E-state index in [-0.39, 0.29) is 5.69 Å². The molecule has 0 spiro atoms. The molecule has 0 atom stereocenters. The van der Waals surface area contributed by atoms with E-state index in [9.17, 15) is 10.1 Å². The summed E-state index contributed by atoms with van der Waals surface area (Å²) in [6, 6.07) is 4.44. The molecule has 0 bridgehead atoms. The van der Waals surface area contributed by atoms with Gasteiger partial charge in [-0.25, -0.2) is 0 Å². The van der Waals surface area contributed by atoms with Gasteiger partial charge in [-0.1, -0.05) is 0 Å². The molecule has 7 nitrogen and oxygen atoms in total. The van der Waals surface area contributed by atoms with Gasteiger partial charge in [-0.2, -0.15) is 0 Å². The fourth-order valence-corrected chi connectivity index (χ4v) is 1.37. The van der Waals surface area contributed by atoms with Crippen LogP contribution in [0.2, 0.25) is 0 Å². The summed E-state index contributed by atoms with van der Waals surface area (Å²) >= 11 is 0. The molecule has 1 aromatic carbocycles. The Hall–Kier alpha value is -1.86. The highest BCUT2D eigenvalue weighted by atomic mass is 16.7. The van der Waals surface area contributed by atoms with Crippen LogP contribution in [0.5, 0.6) is 5.75 Å². The number of nitro groups is 1. The molecule has 1 rings (SSSR count). The van der Waals surface area contributed by atoms with Crippen LogP contribution in [0.1, 0.15) is 0 Å². The van der Waals surface area contributed by atoms with Crippen molar-refractivity contribution in [3.8, 4) is 5.75 Å². The largest absolute Gasteiger partial charge is 0.496 e. The minimum Gasteiger partial charge on any atom is -0.496 e. The van der Waals surface area contributed by atoms with Crippen molar-refractivity contribution in [1.82, 2.24) is 0 Å². The van der Waals surface area contributed by atoms with Crippen molar-refractivity contribution in [1.29, 1.82) is 0 Å². The van der Waals surface area contributed by atoms with Gasteiger partial charge in [-0.05, 0) is 0 Å². The van der Waals surface area contributed by atoms with Crippen molar-refractivity contribution in [3.63, 3.8) is 0 Å².